The Bertz CT molecular complexity index is 758. The van der Waals surface area contributed by atoms with Gasteiger partial charge in [-0.3, -0.25) is 5.10 Å². The highest BCUT2D eigenvalue weighted by molar-refractivity contribution is 6.35. The van der Waals surface area contributed by atoms with E-state index >= 15 is 0 Å². The number of anilines is 1. The lowest BCUT2D eigenvalue weighted by Gasteiger charge is -2.07. The van der Waals surface area contributed by atoms with E-state index in [1.807, 2.05) is 0 Å². The number of nitrogen functional groups attached to an aromatic ring is 1. The van der Waals surface area contributed by atoms with Crippen molar-refractivity contribution in [2.24, 2.45) is 0 Å². The SMILES string of the molecule is Nc1nc(Oc2ccc(Cl)cc2Cl)c2cn[nH]c2n1. The number of H-pyrrole nitrogens is 1. The molecule has 0 aliphatic carbocycles. The highest BCUT2D eigenvalue weighted by Gasteiger charge is 2.12. The normalized spacial score (nSPS) is 10.8. The molecule has 96 valence electrons. The number of aromatic amines is 1. The van der Waals surface area contributed by atoms with E-state index in [9.17, 15) is 0 Å². The highest BCUT2D eigenvalue weighted by Crippen LogP contribution is 2.33. The molecule has 0 unspecified atom stereocenters. The molecule has 2 aromatic heterocycles. The van der Waals surface area contributed by atoms with Crippen LogP contribution in [0.3, 0.4) is 0 Å². The van der Waals surface area contributed by atoms with Gasteiger partial charge in [-0.15, -0.1) is 0 Å². The predicted molar refractivity (Wildman–Crippen MR) is 72.6 cm³/mol. The van der Waals surface area contributed by atoms with E-state index in [2.05, 4.69) is 20.2 Å². The molecule has 8 heteroatoms. The third-order valence-electron chi connectivity index (χ3n) is 2.39. The molecule has 3 N–H and O–H groups in total. The second-order valence-corrected chi connectivity index (χ2v) is 4.54. The number of hydrogen-bond donors (Lipinski definition) is 2. The Morgan fingerprint density at radius 3 is 2.84 bits per heavy atom. The average Bonchev–Trinajstić information content (AvgIpc) is 2.80. The molecule has 0 amide bonds. The molecule has 3 aromatic rings. The average molecular weight is 296 g/mol. The first-order valence-corrected chi connectivity index (χ1v) is 5.98. The van der Waals surface area contributed by atoms with E-state index in [-0.39, 0.29) is 11.8 Å². The van der Waals surface area contributed by atoms with Crippen LogP contribution in [0.15, 0.2) is 24.4 Å². The lowest BCUT2D eigenvalue weighted by atomic mass is 10.3. The van der Waals surface area contributed by atoms with Gasteiger partial charge < -0.3 is 10.5 Å². The van der Waals surface area contributed by atoms with Crippen LogP contribution in [-0.2, 0) is 0 Å². The number of hydrogen-bond acceptors (Lipinski definition) is 5. The van der Waals surface area contributed by atoms with Gasteiger partial charge in [0.1, 0.15) is 11.1 Å². The number of aromatic nitrogens is 4. The number of nitrogens with two attached hydrogens (primary N) is 1. The number of fused-ring (bicyclic) bond motifs is 1. The zero-order valence-electron chi connectivity index (χ0n) is 9.39. The van der Waals surface area contributed by atoms with Crippen molar-refractivity contribution in [3.8, 4) is 11.6 Å². The van der Waals surface area contributed by atoms with E-state index in [0.29, 0.717) is 26.8 Å². The minimum atomic E-state index is 0.0804. The molecule has 0 atom stereocenters. The molecule has 0 saturated heterocycles. The number of nitrogens with one attached hydrogen (secondary N) is 1. The van der Waals surface area contributed by atoms with Gasteiger partial charge in [-0.05, 0) is 18.2 Å². The Morgan fingerprint density at radius 1 is 1.21 bits per heavy atom. The van der Waals surface area contributed by atoms with Crippen LogP contribution in [-0.4, -0.2) is 20.2 Å². The molecule has 1 aromatic carbocycles. The van der Waals surface area contributed by atoms with Gasteiger partial charge >= 0.3 is 0 Å². The third-order valence-corrected chi connectivity index (χ3v) is 2.92. The monoisotopic (exact) mass is 295 g/mol. The van der Waals surface area contributed by atoms with Crippen LogP contribution in [0.4, 0.5) is 5.95 Å². The van der Waals surface area contributed by atoms with Crippen molar-refractivity contribution in [2.75, 3.05) is 5.73 Å². The Hall–Kier alpha value is -2.05. The number of halogens is 2. The summed E-state index contributed by atoms with van der Waals surface area (Å²) in [6.45, 7) is 0. The van der Waals surface area contributed by atoms with Crippen molar-refractivity contribution in [3.63, 3.8) is 0 Å². The van der Waals surface area contributed by atoms with Gasteiger partial charge in [0.2, 0.25) is 11.8 Å². The fraction of sp³-hybridized carbons (Fsp3) is 0. The molecular formula is C11H7Cl2N5O. The zero-order chi connectivity index (χ0) is 13.4. The Morgan fingerprint density at radius 2 is 2.05 bits per heavy atom. The van der Waals surface area contributed by atoms with Crippen LogP contribution in [0.25, 0.3) is 11.0 Å². The number of rotatable bonds is 2. The molecule has 0 radical (unpaired) electrons. The van der Waals surface area contributed by atoms with E-state index in [0.717, 1.165) is 0 Å². The minimum Gasteiger partial charge on any atom is -0.436 e. The van der Waals surface area contributed by atoms with Crippen LogP contribution in [0, 0.1) is 0 Å². The summed E-state index contributed by atoms with van der Waals surface area (Å²) >= 11 is 11.9. The van der Waals surface area contributed by atoms with Crippen LogP contribution in [0.2, 0.25) is 10.0 Å². The maximum Gasteiger partial charge on any atom is 0.235 e. The summed E-state index contributed by atoms with van der Waals surface area (Å²) in [4.78, 5) is 8.01. The smallest absolute Gasteiger partial charge is 0.235 e. The van der Waals surface area contributed by atoms with Crippen LogP contribution >= 0.6 is 23.2 Å². The maximum absolute atomic E-state index is 6.04. The standard InChI is InChI=1S/C11H7Cl2N5O/c12-5-1-2-8(7(13)3-5)19-10-6-4-15-18-9(6)16-11(14)17-10/h1-4H,(H3,14,15,16,17,18). The first-order chi connectivity index (χ1) is 9.13. The number of benzene rings is 1. The molecule has 2 heterocycles. The summed E-state index contributed by atoms with van der Waals surface area (Å²) in [7, 11) is 0. The van der Waals surface area contributed by atoms with Gasteiger partial charge in [-0.2, -0.15) is 15.1 Å². The molecule has 0 fully saturated rings. The van der Waals surface area contributed by atoms with Gasteiger partial charge in [-0.25, -0.2) is 0 Å². The molecule has 0 spiro atoms. The molecule has 3 rings (SSSR count). The molecule has 0 bridgehead atoms. The summed E-state index contributed by atoms with van der Waals surface area (Å²) in [6, 6.07) is 4.89. The van der Waals surface area contributed by atoms with Crippen molar-refractivity contribution in [1.82, 2.24) is 20.2 Å². The zero-order valence-corrected chi connectivity index (χ0v) is 10.9. The highest BCUT2D eigenvalue weighted by atomic mass is 35.5. The van der Waals surface area contributed by atoms with Gasteiger partial charge in [0.15, 0.2) is 5.65 Å². The Labute approximate surface area is 117 Å². The number of nitrogens with zero attached hydrogens (tertiary/aromatic N) is 3. The molecule has 0 saturated carbocycles. The quantitative estimate of drug-likeness (QED) is 0.758. The van der Waals surface area contributed by atoms with E-state index in [4.69, 9.17) is 33.7 Å². The largest absolute Gasteiger partial charge is 0.436 e. The Balaban J connectivity index is 2.07. The van der Waals surface area contributed by atoms with E-state index in [1.54, 1.807) is 24.4 Å². The van der Waals surface area contributed by atoms with E-state index in [1.165, 1.54) is 0 Å². The first-order valence-electron chi connectivity index (χ1n) is 5.23. The number of ether oxygens (including phenoxy) is 1. The molecule has 19 heavy (non-hydrogen) atoms. The molecule has 6 nitrogen and oxygen atoms in total. The minimum absolute atomic E-state index is 0.0804. The van der Waals surface area contributed by atoms with Gasteiger partial charge in [-0.1, -0.05) is 23.2 Å². The first kappa shape index (κ1) is 12.0. The van der Waals surface area contributed by atoms with Crippen molar-refractivity contribution in [1.29, 1.82) is 0 Å². The fourth-order valence-electron chi connectivity index (χ4n) is 1.56. The van der Waals surface area contributed by atoms with Crippen molar-refractivity contribution < 1.29 is 4.74 Å². The maximum atomic E-state index is 6.04. The molecular weight excluding hydrogens is 289 g/mol. The third kappa shape index (κ3) is 2.27. The van der Waals surface area contributed by atoms with Crippen molar-refractivity contribution >= 4 is 40.2 Å². The van der Waals surface area contributed by atoms with Crippen LogP contribution < -0.4 is 10.5 Å². The van der Waals surface area contributed by atoms with Crippen molar-refractivity contribution in [3.05, 3.63) is 34.4 Å². The second-order valence-electron chi connectivity index (χ2n) is 3.70. The lowest BCUT2D eigenvalue weighted by molar-refractivity contribution is 0.469. The summed E-state index contributed by atoms with van der Waals surface area (Å²) < 4.78 is 5.63. The molecule has 0 aliphatic rings. The second kappa shape index (κ2) is 4.56. The predicted octanol–water partition coefficient (Wildman–Crippen LogP) is 3.03. The lowest BCUT2D eigenvalue weighted by Crippen LogP contribution is -1.98. The van der Waals surface area contributed by atoms with Crippen LogP contribution in [0.1, 0.15) is 0 Å². The summed E-state index contributed by atoms with van der Waals surface area (Å²) in [5.74, 6) is 0.781. The van der Waals surface area contributed by atoms with Gasteiger partial charge in [0, 0.05) is 5.02 Å². The Kier molecular flexibility index (Phi) is 2.88. The van der Waals surface area contributed by atoms with Crippen LogP contribution in [0.5, 0.6) is 11.6 Å². The topological polar surface area (TPSA) is 89.7 Å². The van der Waals surface area contributed by atoms with Gasteiger partial charge in [0.05, 0.1) is 11.2 Å². The molecule has 0 aliphatic heterocycles. The summed E-state index contributed by atoms with van der Waals surface area (Å²) in [6.07, 6.45) is 1.55. The van der Waals surface area contributed by atoms with Gasteiger partial charge in [0.25, 0.3) is 0 Å². The fourth-order valence-corrected chi connectivity index (χ4v) is 2.01. The summed E-state index contributed by atoms with van der Waals surface area (Å²) in [5, 5.41) is 8.07. The van der Waals surface area contributed by atoms with Crippen molar-refractivity contribution in [2.45, 2.75) is 0 Å². The van der Waals surface area contributed by atoms with E-state index < -0.39 is 0 Å². The summed E-state index contributed by atoms with van der Waals surface area (Å²) in [5.41, 5.74) is 6.09.